The topological polar surface area (TPSA) is 89.3 Å². The average molecular weight is 266 g/mol. The van der Waals surface area contributed by atoms with Crippen molar-refractivity contribution < 1.29 is 13.2 Å². The third-order valence-corrected chi connectivity index (χ3v) is 3.12. The Balaban J connectivity index is 2.73. The highest BCUT2D eigenvalue weighted by Crippen LogP contribution is 2.09. The quantitative estimate of drug-likeness (QED) is 0.600. The van der Waals surface area contributed by atoms with Gasteiger partial charge in [0.1, 0.15) is 0 Å². The summed E-state index contributed by atoms with van der Waals surface area (Å²) in [6.45, 7) is 0.447. The van der Waals surface area contributed by atoms with Gasteiger partial charge >= 0.3 is 0 Å². The first kappa shape index (κ1) is 14.2. The van der Waals surface area contributed by atoms with E-state index in [1.165, 1.54) is 24.3 Å². The van der Waals surface area contributed by atoms with Crippen LogP contribution in [0.2, 0.25) is 0 Å². The van der Waals surface area contributed by atoms with Crippen LogP contribution in [0.25, 0.3) is 0 Å². The zero-order valence-corrected chi connectivity index (χ0v) is 10.5. The summed E-state index contributed by atoms with van der Waals surface area (Å²) < 4.78 is 22.3. The number of rotatable bonds is 5. The molecule has 0 aliphatic rings. The van der Waals surface area contributed by atoms with Crippen LogP contribution in [0, 0.1) is 12.3 Å². The fraction of sp³-hybridized carbons (Fsp3) is 0.250. The third kappa shape index (κ3) is 4.20. The van der Waals surface area contributed by atoms with Crippen LogP contribution in [-0.4, -0.2) is 20.9 Å². The van der Waals surface area contributed by atoms with Crippen LogP contribution in [0.3, 0.4) is 0 Å². The lowest BCUT2D eigenvalue weighted by Crippen LogP contribution is -2.24. The monoisotopic (exact) mass is 266 g/mol. The number of primary sulfonamides is 1. The molecule has 0 aliphatic carbocycles. The number of hydrogen-bond donors (Lipinski definition) is 2. The van der Waals surface area contributed by atoms with Gasteiger partial charge in [-0.2, -0.15) is 0 Å². The lowest BCUT2D eigenvalue weighted by Gasteiger charge is -2.05. The lowest BCUT2D eigenvalue weighted by molar-refractivity contribution is 0.0953. The number of sulfonamides is 1. The fourth-order valence-electron chi connectivity index (χ4n) is 1.31. The van der Waals surface area contributed by atoms with Gasteiger partial charge in [-0.25, -0.2) is 13.6 Å². The van der Waals surface area contributed by atoms with E-state index in [-0.39, 0.29) is 16.4 Å². The molecular weight excluding hydrogens is 252 g/mol. The minimum Gasteiger partial charge on any atom is -0.352 e. The average Bonchev–Trinajstić information content (AvgIpc) is 2.33. The molecule has 96 valence electrons. The summed E-state index contributed by atoms with van der Waals surface area (Å²) in [6.07, 6.45) is 6.34. The van der Waals surface area contributed by atoms with E-state index in [2.05, 4.69) is 11.2 Å². The molecular formula is C12H14N2O3S. The molecule has 5 nitrogen and oxygen atoms in total. The van der Waals surface area contributed by atoms with Gasteiger partial charge in [0, 0.05) is 18.5 Å². The van der Waals surface area contributed by atoms with Crippen molar-refractivity contribution in [3.8, 4) is 12.3 Å². The summed E-state index contributed by atoms with van der Waals surface area (Å²) in [7, 11) is -3.79. The molecule has 18 heavy (non-hydrogen) atoms. The van der Waals surface area contributed by atoms with E-state index in [4.69, 9.17) is 11.6 Å². The van der Waals surface area contributed by atoms with Gasteiger partial charge in [-0.15, -0.1) is 12.3 Å². The smallest absolute Gasteiger partial charge is 0.251 e. The SMILES string of the molecule is C#CCCCNC(=O)c1cccc(S(N)(=O)=O)c1. The molecule has 1 amide bonds. The molecule has 0 unspecified atom stereocenters. The van der Waals surface area contributed by atoms with Crippen molar-refractivity contribution in [3.63, 3.8) is 0 Å². The molecule has 0 aromatic heterocycles. The summed E-state index contributed by atoms with van der Waals surface area (Å²) in [5.74, 6) is 2.11. The largest absolute Gasteiger partial charge is 0.352 e. The summed E-state index contributed by atoms with van der Waals surface area (Å²) in [6, 6.07) is 5.57. The number of terminal acetylenes is 1. The van der Waals surface area contributed by atoms with Crippen LogP contribution < -0.4 is 10.5 Å². The second kappa shape index (κ2) is 6.19. The molecule has 0 spiro atoms. The zero-order chi connectivity index (χ0) is 13.6. The number of amides is 1. The van der Waals surface area contributed by atoms with Crippen LogP contribution in [-0.2, 0) is 10.0 Å². The normalized spacial score (nSPS) is 10.7. The number of hydrogen-bond acceptors (Lipinski definition) is 3. The van der Waals surface area contributed by atoms with Crippen molar-refractivity contribution in [2.45, 2.75) is 17.7 Å². The highest BCUT2D eigenvalue weighted by atomic mass is 32.2. The minimum atomic E-state index is -3.79. The summed E-state index contributed by atoms with van der Waals surface area (Å²) in [5, 5.41) is 7.63. The molecule has 6 heteroatoms. The Morgan fingerprint density at radius 2 is 2.17 bits per heavy atom. The van der Waals surface area contributed by atoms with Crippen molar-refractivity contribution in [2.24, 2.45) is 5.14 Å². The first-order valence-electron chi connectivity index (χ1n) is 5.29. The number of unbranched alkanes of at least 4 members (excludes halogenated alkanes) is 1. The van der Waals surface area contributed by atoms with Crippen LogP contribution in [0.4, 0.5) is 0 Å². The molecule has 0 saturated carbocycles. The highest BCUT2D eigenvalue weighted by Gasteiger charge is 2.11. The number of nitrogens with one attached hydrogen (secondary N) is 1. The molecule has 0 radical (unpaired) electrons. The number of nitrogens with two attached hydrogens (primary N) is 1. The Morgan fingerprint density at radius 1 is 1.44 bits per heavy atom. The van der Waals surface area contributed by atoms with Crippen LogP contribution in [0.5, 0.6) is 0 Å². The molecule has 1 aromatic rings. The van der Waals surface area contributed by atoms with Gasteiger partial charge in [-0.1, -0.05) is 6.07 Å². The second-order valence-electron chi connectivity index (χ2n) is 3.64. The van der Waals surface area contributed by atoms with E-state index in [9.17, 15) is 13.2 Å². The van der Waals surface area contributed by atoms with E-state index in [0.717, 1.165) is 0 Å². The fourth-order valence-corrected chi connectivity index (χ4v) is 1.87. The van der Waals surface area contributed by atoms with Gasteiger partial charge in [0.25, 0.3) is 5.91 Å². The maximum Gasteiger partial charge on any atom is 0.251 e. The molecule has 0 atom stereocenters. The van der Waals surface area contributed by atoms with Crippen LogP contribution in [0.1, 0.15) is 23.2 Å². The molecule has 0 aliphatic heterocycles. The maximum absolute atomic E-state index is 11.7. The standard InChI is InChI=1S/C12H14N2O3S/c1-2-3-4-8-14-12(15)10-6-5-7-11(9-10)18(13,16)17/h1,5-7,9H,3-4,8H2,(H,14,15)(H2,13,16,17). The number of benzene rings is 1. The van der Waals surface area contributed by atoms with E-state index in [0.29, 0.717) is 19.4 Å². The predicted molar refractivity (Wildman–Crippen MR) is 68.2 cm³/mol. The molecule has 0 saturated heterocycles. The van der Waals surface area contributed by atoms with Crippen LogP contribution >= 0.6 is 0 Å². The van der Waals surface area contributed by atoms with E-state index in [1.54, 1.807) is 0 Å². The Labute approximate surface area is 106 Å². The van der Waals surface area contributed by atoms with Crippen molar-refractivity contribution in [1.82, 2.24) is 5.32 Å². The van der Waals surface area contributed by atoms with E-state index < -0.39 is 10.0 Å². The highest BCUT2D eigenvalue weighted by molar-refractivity contribution is 7.89. The number of carbonyl (C=O) groups is 1. The number of carbonyl (C=O) groups excluding carboxylic acids is 1. The van der Waals surface area contributed by atoms with Gasteiger partial charge < -0.3 is 5.32 Å². The first-order chi connectivity index (χ1) is 8.45. The molecule has 0 bridgehead atoms. The third-order valence-electron chi connectivity index (χ3n) is 2.21. The molecule has 0 fully saturated rings. The van der Waals surface area contributed by atoms with Crippen molar-refractivity contribution in [1.29, 1.82) is 0 Å². The van der Waals surface area contributed by atoms with Crippen LogP contribution in [0.15, 0.2) is 29.2 Å². The Bertz CT molecular complexity index is 573. The van der Waals surface area contributed by atoms with Crippen molar-refractivity contribution in [2.75, 3.05) is 6.54 Å². The molecule has 1 rings (SSSR count). The van der Waals surface area contributed by atoms with Gasteiger partial charge in [-0.3, -0.25) is 4.79 Å². The van der Waals surface area contributed by atoms with E-state index in [1.807, 2.05) is 0 Å². The van der Waals surface area contributed by atoms with Crippen molar-refractivity contribution in [3.05, 3.63) is 29.8 Å². The summed E-state index contributed by atoms with van der Waals surface area (Å²) in [5.41, 5.74) is 0.252. The minimum absolute atomic E-state index is 0.0845. The lowest BCUT2D eigenvalue weighted by atomic mass is 10.2. The molecule has 3 N–H and O–H groups in total. The van der Waals surface area contributed by atoms with Gasteiger partial charge in [0.05, 0.1) is 4.90 Å². The Morgan fingerprint density at radius 3 is 2.78 bits per heavy atom. The zero-order valence-electron chi connectivity index (χ0n) is 9.72. The van der Waals surface area contributed by atoms with Gasteiger partial charge in [0.2, 0.25) is 10.0 Å². The molecule has 0 heterocycles. The predicted octanol–water partition coefficient (Wildman–Crippen LogP) is 0.477. The first-order valence-corrected chi connectivity index (χ1v) is 6.84. The summed E-state index contributed by atoms with van der Waals surface area (Å²) >= 11 is 0. The Hall–Kier alpha value is -1.84. The van der Waals surface area contributed by atoms with Crippen molar-refractivity contribution >= 4 is 15.9 Å². The molecule has 1 aromatic carbocycles. The maximum atomic E-state index is 11.7. The van der Waals surface area contributed by atoms with Gasteiger partial charge in [-0.05, 0) is 24.6 Å². The van der Waals surface area contributed by atoms with E-state index >= 15 is 0 Å². The summed E-state index contributed by atoms with van der Waals surface area (Å²) in [4.78, 5) is 11.6. The van der Waals surface area contributed by atoms with Gasteiger partial charge in [0.15, 0.2) is 0 Å². The Kier molecular flexibility index (Phi) is 4.89. The second-order valence-corrected chi connectivity index (χ2v) is 5.20.